The molecule has 1 heterocycles. The Morgan fingerprint density at radius 2 is 1.97 bits per heavy atom. The monoisotopic (exact) mass is 537 g/mol. The number of aryl methyl sites for hydroxylation is 1. The van der Waals surface area contributed by atoms with Crippen LogP contribution < -0.4 is 0 Å². The molecule has 4 nitrogen and oxygen atoms in total. The number of fused-ring (bicyclic) bond motifs is 1. The van der Waals surface area contributed by atoms with Crippen molar-refractivity contribution in [2.45, 2.75) is 115 Å². The topological polar surface area (TPSA) is 73.6 Å². The molecule has 5 heteroatoms. The summed E-state index contributed by atoms with van der Waals surface area (Å²) < 4.78 is 0. The van der Waals surface area contributed by atoms with E-state index < -0.39 is 18.3 Å². The number of allylic oxidation sites excluding steroid dienone is 4. The third kappa shape index (κ3) is 5.29. The van der Waals surface area contributed by atoms with Crippen molar-refractivity contribution in [3.63, 3.8) is 0 Å². The lowest BCUT2D eigenvalue weighted by Crippen LogP contribution is -2.35. The van der Waals surface area contributed by atoms with E-state index in [1.54, 1.807) is 11.3 Å². The highest BCUT2D eigenvalue weighted by atomic mass is 32.1. The number of hydrogen-bond donors (Lipinski definition) is 3. The molecule has 0 saturated heterocycles. The highest BCUT2D eigenvalue weighted by molar-refractivity contribution is 7.09. The Kier molecular flexibility index (Phi) is 8.22. The SMILES string of the molecule is C=C1/C(=C/C=C2\CCC[C@]3(C)[C@@H]([C@H](C)/C=C/[C@@H](O)C4(c5nc(CCC)cs5)CC4)CC[C@@H]23)C[C@@H](O)C[C@@H]1O. The molecule has 4 fully saturated rings. The summed E-state index contributed by atoms with van der Waals surface area (Å²) in [4.78, 5) is 4.88. The molecule has 4 saturated carbocycles. The Morgan fingerprint density at radius 1 is 1.18 bits per heavy atom. The molecule has 0 aliphatic heterocycles. The lowest BCUT2D eigenvalue weighted by atomic mass is 9.61. The van der Waals surface area contributed by atoms with Crippen LogP contribution in [0.3, 0.4) is 0 Å². The predicted octanol–water partition coefficient (Wildman–Crippen LogP) is 6.82. The van der Waals surface area contributed by atoms with Crippen LogP contribution in [0.15, 0.2) is 53.0 Å². The van der Waals surface area contributed by atoms with Gasteiger partial charge in [-0.3, -0.25) is 0 Å². The van der Waals surface area contributed by atoms with E-state index in [9.17, 15) is 15.3 Å². The number of aliphatic hydroxyl groups is 3. The number of aliphatic hydroxyl groups excluding tert-OH is 3. The Labute approximate surface area is 233 Å². The average molecular weight is 538 g/mol. The van der Waals surface area contributed by atoms with Crippen molar-refractivity contribution in [3.8, 4) is 0 Å². The van der Waals surface area contributed by atoms with Gasteiger partial charge in [0.2, 0.25) is 0 Å². The minimum Gasteiger partial charge on any atom is -0.393 e. The zero-order valence-electron chi connectivity index (χ0n) is 23.5. The van der Waals surface area contributed by atoms with E-state index >= 15 is 0 Å². The Bertz CT molecular complexity index is 1110. The molecule has 0 radical (unpaired) electrons. The largest absolute Gasteiger partial charge is 0.393 e. The average Bonchev–Trinajstić information content (AvgIpc) is 3.42. The molecule has 0 aromatic carbocycles. The summed E-state index contributed by atoms with van der Waals surface area (Å²) in [6, 6.07) is 0. The molecule has 0 unspecified atom stereocenters. The first-order chi connectivity index (χ1) is 18.2. The van der Waals surface area contributed by atoms with Gasteiger partial charge in [0, 0.05) is 11.8 Å². The normalized spacial score (nSPS) is 36.6. The molecule has 38 heavy (non-hydrogen) atoms. The number of rotatable bonds is 8. The smallest absolute Gasteiger partial charge is 0.102 e. The van der Waals surface area contributed by atoms with Gasteiger partial charge in [0.25, 0.3) is 0 Å². The molecule has 4 aliphatic rings. The Morgan fingerprint density at radius 3 is 2.71 bits per heavy atom. The molecule has 1 aromatic rings. The van der Waals surface area contributed by atoms with Gasteiger partial charge in [-0.2, -0.15) is 0 Å². The van der Waals surface area contributed by atoms with Crippen molar-refractivity contribution in [1.82, 2.24) is 4.98 Å². The van der Waals surface area contributed by atoms with Crippen LogP contribution in [0.2, 0.25) is 0 Å². The third-order valence-electron chi connectivity index (χ3n) is 10.4. The molecule has 1 aromatic heterocycles. The van der Waals surface area contributed by atoms with Gasteiger partial charge in [-0.05, 0) is 92.1 Å². The second-order valence-electron chi connectivity index (χ2n) is 12.9. The lowest BCUT2D eigenvalue weighted by molar-refractivity contribution is 0.0862. The van der Waals surface area contributed by atoms with Crippen LogP contribution in [-0.2, 0) is 11.8 Å². The van der Waals surface area contributed by atoms with E-state index in [4.69, 9.17) is 4.98 Å². The van der Waals surface area contributed by atoms with Crippen LogP contribution >= 0.6 is 11.3 Å². The summed E-state index contributed by atoms with van der Waals surface area (Å²) in [6.07, 6.45) is 18.4. The number of aromatic nitrogens is 1. The molecule has 4 aliphatic carbocycles. The van der Waals surface area contributed by atoms with Crippen LogP contribution in [0.25, 0.3) is 0 Å². The Hall–Kier alpha value is -1.53. The standard InChI is InChI=1S/C33H47NO3S/c1-5-7-25-20-38-31(34-25)33(16-17-33)30(37)14-9-21(2)27-12-13-28-23(8-6-15-32(27,28)4)10-11-24-18-26(35)19-29(36)22(24)3/h9-11,14,20-21,26-30,35-37H,3,5-8,12-13,15-19H2,1-2,4H3/b14-9+,23-10+,24-11+/t21-,26-,27-,28+,29+,30-,32-/m1/s1. The number of thiazole rings is 1. The van der Waals surface area contributed by atoms with Gasteiger partial charge >= 0.3 is 0 Å². The first kappa shape index (κ1) is 28.0. The Balaban J connectivity index is 1.27. The van der Waals surface area contributed by atoms with Crippen molar-refractivity contribution < 1.29 is 15.3 Å². The summed E-state index contributed by atoms with van der Waals surface area (Å²) in [5.74, 6) is 1.60. The second kappa shape index (κ2) is 11.2. The van der Waals surface area contributed by atoms with E-state index in [0.29, 0.717) is 30.6 Å². The van der Waals surface area contributed by atoms with Crippen molar-refractivity contribution >= 4 is 11.3 Å². The minimum atomic E-state index is -0.636. The lowest BCUT2D eigenvalue weighted by Gasteiger charge is -2.44. The third-order valence-corrected chi connectivity index (χ3v) is 11.5. The summed E-state index contributed by atoms with van der Waals surface area (Å²) >= 11 is 1.73. The fourth-order valence-corrected chi connectivity index (χ4v) is 9.03. The van der Waals surface area contributed by atoms with Gasteiger partial charge in [0.15, 0.2) is 0 Å². The van der Waals surface area contributed by atoms with Crippen molar-refractivity contribution in [3.05, 3.63) is 63.7 Å². The maximum atomic E-state index is 11.2. The minimum absolute atomic E-state index is 0.159. The number of hydrogen-bond acceptors (Lipinski definition) is 5. The molecular weight excluding hydrogens is 490 g/mol. The molecule has 3 N–H and O–H groups in total. The zero-order valence-corrected chi connectivity index (χ0v) is 24.3. The zero-order chi connectivity index (χ0) is 27.1. The fourth-order valence-electron chi connectivity index (χ4n) is 7.88. The highest BCUT2D eigenvalue weighted by Gasteiger charge is 2.53. The van der Waals surface area contributed by atoms with E-state index in [1.807, 2.05) is 0 Å². The van der Waals surface area contributed by atoms with Crippen molar-refractivity contribution in [1.29, 1.82) is 0 Å². The molecule has 208 valence electrons. The van der Waals surface area contributed by atoms with Crippen LogP contribution in [0.1, 0.15) is 95.7 Å². The van der Waals surface area contributed by atoms with Gasteiger partial charge in [-0.25, -0.2) is 4.98 Å². The molecule has 0 spiro atoms. The van der Waals surface area contributed by atoms with Crippen molar-refractivity contribution in [2.75, 3.05) is 0 Å². The summed E-state index contributed by atoms with van der Waals surface area (Å²) in [5.41, 5.74) is 4.56. The van der Waals surface area contributed by atoms with Gasteiger partial charge in [-0.15, -0.1) is 11.3 Å². The van der Waals surface area contributed by atoms with Crippen LogP contribution in [0.4, 0.5) is 0 Å². The first-order valence-corrected chi connectivity index (χ1v) is 15.8. The molecule has 0 bridgehead atoms. The quantitative estimate of drug-likeness (QED) is 0.318. The summed E-state index contributed by atoms with van der Waals surface area (Å²) in [5, 5.41) is 34.9. The molecule has 0 amide bonds. The maximum absolute atomic E-state index is 11.2. The molecule has 5 rings (SSSR count). The van der Waals surface area contributed by atoms with Gasteiger partial charge in [0.1, 0.15) is 5.01 Å². The van der Waals surface area contributed by atoms with Crippen LogP contribution in [0.5, 0.6) is 0 Å². The summed E-state index contributed by atoms with van der Waals surface area (Å²) in [7, 11) is 0. The first-order valence-electron chi connectivity index (χ1n) is 14.9. The predicted molar refractivity (Wildman–Crippen MR) is 156 cm³/mol. The van der Waals surface area contributed by atoms with Gasteiger partial charge in [0.05, 0.1) is 29.4 Å². The maximum Gasteiger partial charge on any atom is 0.102 e. The van der Waals surface area contributed by atoms with E-state index in [1.165, 1.54) is 37.0 Å². The second-order valence-corrected chi connectivity index (χ2v) is 13.8. The van der Waals surface area contributed by atoms with Gasteiger partial charge < -0.3 is 15.3 Å². The van der Waals surface area contributed by atoms with Crippen LogP contribution in [-0.4, -0.2) is 38.6 Å². The van der Waals surface area contributed by atoms with Crippen LogP contribution in [0, 0.1) is 23.2 Å². The van der Waals surface area contributed by atoms with Crippen molar-refractivity contribution in [2.24, 2.45) is 23.2 Å². The van der Waals surface area contributed by atoms with E-state index in [0.717, 1.165) is 48.3 Å². The summed E-state index contributed by atoms with van der Waals surface area (Å²) in [6.45, 7) is 11.1. The van der Waals surface area contributed by atoms with E-state index in [2.05, 4.69) is 57.0 Å². The fraction of sp³-hybridized carbons (Fsp3) is 0.667. The number of nitrogens with zero attached hydrogens (tertiary/aromatic N) is 1. The molecule has 7 atom stereocenters. The highest BCUT2D eigenvalue weighted by Crippen LogP contribution is 2.60. The van der Waals surface area contributed by atoms with E-state index in [-0.39, 0.29) is 10.8 Å². The van der Waals surface area contributed by atoms with Gasteiger partial charge in [-0.1, -0.05) is 63.6 Å². The molecular formula is C33H47NO3S.